The average Bonchev–Trinajstić information content (AvgIpc) is 0. The summed E-state index contributed by atoms with van der Waals surface area (Å²) in [6.45, 7) is 0. The Labute approximate surface area is 94.7 Å². The first-order valence-electron chi connectivity index (χ1n) is 0. The minimum absolute atomic E-state index is 0. The first-order valence-corrected chi connectivity index (χ1v) is 0. The molecule has 0 rings (SSSR count). The molecule has 0 aliphatic rings. The van der Waals surface area contributed by atoms with E-state index in [1.807, 2.05) is 0 Å². The van der Waals surface area contributed by atoms with Crippen molar-refractivity contribution in [3.63, 3.8) is 0 Å². The Kier molecular flexibility index (Phi) is 112. The van der Waals surface area contributed by atoms with Gasteiger partial charge in [-0.05, 0) is 0 Å². The summed E-state index contributed by atoms with van der Waals surface area (Å²) in [5.74, 6) is 0. The van der Waals surface area contributed by atoms with Crippen molar-refractivity contribution < 1.29 is 36.0 Å². The molecule has 0 atom stereocenters. The van der Waals surface area contributed by atoms with Crippen LogP contribution in [-0.4, -0.2) is 60.8 Å². The van der Waals surface area contributed by atoms with E-state index in [9.17, 15) is 0 Å². The third-order valence-electron chi connectivity index (χ3n) is 0. The summed E-state index contributed by atoms with van der Waals surface area (Å²) in [7, 11) is 0. The van der Waals surface area contributed by atoms with Crippen LogP contribution in [0.25, 0.3) is 0 Å². The Balaban J connectivity index is 0. The molecule has 0 aliphatic carbocycles. The number of rotatable bonds is 0. The van der Waals surface area contributed by atoms with Gasteiger partial charge in [-0.15, -0.1) is 0 Å². The van der Waals surface area contributed by atoms with E-state index in [2.05, 4.69) is 0 Å². The van der Waals surface area contributed by atoms with E-state index in [4.69, 9.17) is 0 Å². The third-order valence-corrected chi connectivity index (χ3v) is 0. The molecule has 0 spiro atoms. The van der Waals surface area contributed by atoms with Crippen molar-refractivity contribution in [3.05, 3.63) is 0 Å². The van der Waals surface area contributed by atoms with E-state index >= 15 is 0 Å². The molecule has 0 aromatic rings. The zero-order chi connectivity index (χ0) is 0. The van der Waals surface area contributed by atoms with Gasteiger partial charge in [0.1, 0.15) is 0 Å². The van der Waals surface area contributed by atoms with Crippen LogP contribution in [0.5, 0.6) is 0 Å². The summed E-state index contributed by atoms with van der Waals surface area (Å²) >= 11 is 0. The second-order valence-corrected chi connectivity index (χ2v) is 0. The molecule has 4 heteroatoms. The van der Waals surface area contributed by atoms with Crippen molar-refractivity contribution in [1.82, 2.24) is 0 Å². The van der Waals surface area contributed by atoms with Gasteiger partial charge in [-0.1, -0.05) is 0 Å². The summed E-state index contributed by atoms with van der Waals surface area (Å²) < 4.78 is 0. The van der Waals surface area contributed by atoms with Crippen molar-refractivity contribution in [2.24, 2.45) is 0 Å². The van der Waals surface area contributed by atoms with E-state index in [1.165, 1.54) is 0 Å². The summed E-state index contributed by atoms with van der Waals surface area (Å²) in [5.41, 5.74) is 0. The minimum atomic E-state index is 0. The largest absolute Gasteiger partial charge is 0 e. The van der Waals surface area contributed by atoms with Crippen LogP contribution in [-0.2, 0) is 36.0 Å². The summed E-state index contributed by atoms with van der Waals surface area (Å²) in [6.07, 6.45) is 0. The van der Waals surface area contributed by atoms with Gasteiger partial charge in [0, 0.05) is 96.8 Å². The van der Waals surface area contributed by atoms with Crippen molar-refractivity contribution in [1.29, 1.82) is 0 Å². The summed E-state index contributed by atoms with van der Waals surface area (Å²) in [6, 6.07) is 0. The SMILES string of the molecule is [Ca].[Mg].[Ni].[Zn]. The van der Waals surface area contributed by atoms with Gasteiger partial charge in [-0.3, -0.25) is 0 Å². The van der Waals surface area contributed by atoms with Gasteiger partial charge in [-0.2, -0.15) is 0 Å². The Hall–Kier alpha value is 3.14. The van der Waals surface area contributed by atoms with Gasteiger partial charge in [0.05, 0.1) is 0 Å². The fraction of sp³-hybridized carbons (Fsp3) is 0. The first kappa shape index (κ1) is 27.3. The Morgan fingerprint density at radius 2 is 1.00 bits per heavy atom. The maximum atomic E-state index is 0. The topological polar surface area (TPSA) is 0 Å². The van der Waals surface area contributed by atoms with E-state index in [0.717, 1.165) is 0 Å². The van der Waals surface area contributed by atoms with Crippen molar-refractivity contribution in [2.45, 2.75) is 0 Å². The molecule has 4 radical (unpaired) electrons. The molecule has 0 amide bonds. The molecule has 0 saturated heterocycles. The van der Waals surface area contributed by atoms with E-state index in [-0.39, 0.29) is 96.8 Å². The van der Waals surface area contributed by atoms with Gasteiger partial charge < -0.3 is 0 Å². The van der Waals surface area contributed by atoms with Gasteiger partial charge in [0.25, 0.3) is 0 Å². The summed E-state index contributed by atoms with van der Waals surface area (Å²) in [4.78, 5) is 0. The van der Waals surface area contributed by atoms with Crippen molar-refractivity contribution >= 4 is 60.8 Å². The Morgan fingerprint density at radius 3 is 1.00 bits per heavy atom. The molecule has 4 heavy (non-hydrogen) atoms. The predicted octanol–water partition coefficient (Wildman–Crippen LogP) is -0.767. The fourth-order valence-electron chi connectivity index (χ4n) is 0. The molecule has 16 valence electrons. The normalized spacial score (nSPS) is 0. The van der Waals surface area contributed by atoms with E-state index in [1.54, 1.807) is 0 Å². The molecule has 0 aromatic carbocycles. The summed E-state index contributed by atoms with van der Waals surface area (Å²) in [5, 5.41) is 0. The maximum absolute atomic E-state index is 0. The zero-order valence-electron chi connectivity index (χ0n) is 2.44. The number of hydrogen-bond donors (Lipinski definition) is 0. The molecule has 0 aromatic heterocycles. The second kappa shape index (κ2) is 16.4. The standard InChI is InChI=1S/Ca.Mg.Ni.Zn. The van der Waals surface area contributed by atoms with E-state index in [0.29, 0.717) is 0 Å². The first-order chi connectivity index (χ1) is 0. The quantitative estimate of drug-likeness (QED) is 0.438. The van der Waals surface area contributed by atoms with Crippen LogP contribution in [0.15, 0.2) is 0 Å². The van der Waals surface area contributed by atoms with Gasteiger partial charge in [0.15, 0.2) is 0 Å². The van der Waals surface area contributed by atoms with Crippen LogP contribution in [0, 0.1) is 0 Å². The Bertz CT molecular complexity index is 8.00. The molecule has 0 nitrogen and oxygen atoms in total. The smallest absolute Gasteiger partial charge is 0 e. The molecular weight excluding hydrogens is 188 g/mol. The van der Waals surface area contributed by atoms with Crippen LogP contribution in [0.3, 0.4) is 0 Å². The number of hydrogen-bond acceptors (Lipinski definition) is 0. The second-order valence-electron chi connectivity index (χ2n) is 0. The van der Waals surface area contributed by atoms with Gasteiger partial charge >= 0.3 is 0 Å². The van der Waals surface area contributed by atoms with Crippen LogP contribution in [0.2, 0.25) is 0 Å². The molecule has 0 heterocycles. The maximum Gasteiger partial charge on any atom is 0 e. The molecule has 0 bridgehead atoms. The minimum Gasteiger partial charge on any atom is 0 e. The average molecular weight is 188 g/mol. The molecular formula is CaMgNiZn. The molecule has 0 unspecified atom stereocenters. The molecule has 0 saturated carbocycles. The molecule has 0 N–H and O–H groups in total. The van der Waals surface area contributed by atoms with Crippen LogP contribution in [0.4, 0.5) is 0 Å². The van der Waals surface area contributed by atoms with E-state index < -0.39 is 0 Å². The fourth-order valence-corrected chi connectivity index (χ4v) is 0. The third kappa shape index (κ3) is 8.94. The molecule has 0 aliphatic heterocycles. The van der Waals surface area contributed by atoms with Crippen molar-refractivity contribution in [2.75, 3.05) is 0 Å². The monoisotopic (exact) mass is 186 g/mol. The Morgan fingerprint density at radius 1 is 1.00 bits per heavy atom. The molecule has 0 fully saturated rings. The van der Waals surface area contributed by atoms with Gasteiger partial charge in [0.2, 0.25) is 0 Å². The van der Waals surface area contributed by atoms with Gasteiger partial charge in [-0.25, -0.2) is 0 Å². The van der Waals surface area contributed by atoms with Crippen molar-refractivity contribution in [3.8, 4) is 0 Å². The van der Waals surface area contributed by atoms with Crippen LogP contribution < -0.4 is 0 Å². The predicted molar refractivity (Wildman–Crippen MR) is 11.5 cm³/mol. The zero-order valence-corrected chi connectivity index (χ0v) is 10.0. The van der Waals surface area contributed by atoms with Crippen LogP contribution in [0.1, 0.15) is 0 Å². The van der Waals surface area contributed by atoms with Crippen LogP contribution >= 0.6 is 0 Å².